The molecule has 0 aromatic heterocycles. The Morgan fingerprint density at radius 3 is 2.41 bits per heavy atom. The molecule has 3 fully saturated rings. The van der Waals surface area contributed by atoms with Gasteiger partial charge in [0.15, 0.2) is 0 Å². The summed E-state index contributed by atoms with van der Waals surface area (Å²) in [5.41, 5.74) is 0.703. The van der Waals surface area contributed by atoms with E-state index in [1.165, 1.54) is 38.5 Å². The van der Waals surface area contributed by atoms with Gasteiger partial charge in [-0.25, -0.2) is 0 Å². The van der Waals surface area contributed by atoms with Crippen molar-refractivity contribution in [3.05, 3.63) is 35.9 Å². The number of fused-ring (bicyclic) bond motifs is 1. The van der Waals surface area contributed by atoms with Gasteiger partial charge in [0.05, 0.1) is 0 Å². The molecule has 0 spiro atoms. The molecule has 2 saturated carbocycles. The molecule has 0 radical (unpaired) electrons. The number of carbonyl (C=O) groups is 2. The molecule has 3 unspecified atom stereocenters. The van der Waals surface area contributed by atoms with Crippen LogP contribution in [0.5, 0.6) is 0 Å². The van der Waals surface area contributed by atoms with E-state index in [0.29, 0.717) is 17.4 Å². The SMILES string of the molecule is O=C(NCC1CCCCC1)C1CC2CCCCC2N1C(=O)c1ccccc1. The van der Waals surface area contributed by atoms with E-state index in [9.17, 15) is 9.59 Å². The zero-order valence-corrected chi connectivity index (χ0v) is 16.2. The average Bonchev–Trinajstić information content (AvgIpc) is 3.12. The Hall–Kier alpha value is -1.84. The number of hydrogen-bond donors (Lipinski definition) is 1. The first kappa shape index (κ1) is 18.5. The van der Waals surface area contributed by atoms with E-state index in [1.807, 2.05) is 35.2 Å². The lowest BCUT2D eigenvalue weighted by Crippen LogP contribution is -2.50. The average molecular weight is 369 g/mol. The van der Waals surface area contributed by atoms with E-state index >= 15 is 0 Å². The van der Waals surface area contributed by atoms with Crippen molar-refractivity contribution in [3.8, 4) is 0 Å². The highest BCUT2D eigenvalue weighted by atomic mass is 16.2. The molecule has 1 N–H and O–H groups in total. The lowest BCUT2D eigenvalue weighted by molar-refractivity contribution is -0.125. The summed E-state index contributed by atoms with van der Waals surface area (Å²) in [4.78, 5) is 28.3. The lowest BCUT2D eigenvalue weighted by atomic mass is 9.84. The van der Waals surface area contributed by atoms with Gasteiger partial charge in [-0.2, -0.15) is 0 Å². The van der Waals surface area contributed by atoms with Crippen LogP contribution in [-0.2, 0) is 4.79 Å². The van der Waals surface area contributed by atoms with Crippen molar-refractivity contribution in [1.29, 1.82) is 0 Å². The fraction of sp³-hybridized carbons (Fsp3) is 0.652. The standard InChI is InChI=1S/C23H32N2O2/c26-22(24-16-17-9-3-1-4-10-17)21-15-19-13-7-8-14-20(19)25(21)23(27)18-11-5-2-6-12-18/h2,5-6,11-12,17,19-21H,1,3-4,7-10,13-16H2,(H,24,26). The molecule has 2 amide bonds. The molecule has 2 aliphatic carbocycles. The van der Waals surface area contributed by atoms with E-state index in [-0.39, 0.29) is 23.9 Å². The Morgan fingerprint density at radius 1 is 0.926 bits per heavy atom. The van der Waals surface area contributed by atoms with Crippen molar-refractivity contribution >= 4 is 11.8 Å². The summed E-state index contributed by atoms with van der Waals surface area (Å²) >= 11 is 0. The van der Waals surface area contributed by atoms with Gasteiger partial charge in [0.1, 0.15) is 6.04 Å². The van der Waals surface area contributed by atoms with Gasteiger partial charge in [0.2, 0.25) is 5.91 Å². The highest BCUT2D eigenvalue weighted by Crippen LogP contribution is 2.40. The molecule has 1 heterocycles. The number of nitrogens with one attached hydrogen (secondary N) is 1. The summed E-state index contributed by atoms with van der Waals surface area (Å²) in [6.07, 6.45) is 11.8. The minimum atomic E-state index is -0.297. The van der Waals surface area contributed by atoms with Crippen LogP contribution in [0.2, 0.25) is 0 Å². The Bertz CT molecular complexity index is 654. The maximum atomic E-state index is 13.3. The van der Waals surface area contributed by atoms with Crippen LogP contribution in [0.15, 0.2) is 30.3 Å². The second kappa shape index (κ2) is 8.45. The third-order valence-corrected chi connectivity index (χ3v) is 6.94. The van der Waals surface area contributed by atoms with Crippen molar-refractivity contribution in [3.63, 3.8) is 0 Å². The zero-order valence-electron chi connectivity index (χ0n) is 16.2. The number of rotatable bonds is 4. The third kappa shape index (κ3) is 4.04. The van der Waals surface area contributed by atoms with Crippen LogP contribution in [0.3, 0.4) is 0 Å². The number of benzene rings is 1. The van der Waals surface area contributed by atoms with Gasteiger partial charge in [-0.1, -0.05) is 50.3 Å². The number of amides is 2. The number of carbonyl (C=O) groups excluding carboxylic acids is 2. The quantitative estimate of drug-likeness (QED) is 0.868. The molecule has 4 heteroatoms. The van der Waals surface area contributed by atoms with Gasteiger partial charge in [-0.05, 0) is 56.1 Å². The molecule has 27 heavy (non-hydrogen) atoms. The van der Waals surface area contributed by atoms with Crippen LogP contribution in [-0.4, -0.2) is 35.3 Å². The Labute approximate surface area is 162 Å². The monoisotopic (exact) mass is 368 g/mol. The summed E-state index contributed by atoms with van der Waals surface area (Å²) < 4.78 is 0. The van der Waals surface area contributed by atoms with Gasteiger partial charge in [-0.15, -0.1) is 0 Å². The second-order valence-corrected chi connectivity index (χ2v) is 8.69. The van der Waals surface area contributed by atoms with E-state index in [1.54, 1.807) is 0 Å². The molecule has 146 valence electrons. The molecule has 1 saturated heterocycles. The minimum absolute atomic E-state index is 0.0304. The van der Waals surface area contributed by atoms with Crippen LogP contribution in [0.1, 0.15) is 74.6 Å². The maximum absolute atomic E-state index is 13.3. The molecule has 1 aromatic rings. The maximum Gasteiger partial charge on any atom is 0.254 e. The van der Waals surface area contributed by atoms with Gasteiger partial charge < -0.3 is 10.2 Å². The fourth-order valence-corrected chi connectivity index (χ4v) is 5.47. The van der Waals surface area contributed by atoms with E-state index in [2.05, 4.69) is 5.32 Å². The molecule has 1 aromatic carbocycles. The van der Waals surface area contributed by atoms with Crippen LogP contribution >= 0.6 is 0 Å². The van der Waals surface area contributed by atoms with Crippen LogP contribution < -0.4 is 5.32 Å². The van der Waals surface area contributed by atoms with Crippen molar-refractivity contribution < 1.29 is 9.59 Å². The number of nitrogens with zero attached hydrogens (tertiary/aromatic N) is 1. The summed E-state index contributed by atoms with van der Waals surface area (Å²) in [7, 11) is 0. The van der Waals surface area contributed by atoms with Gasteiger partial charge in [0, 0.05) is 18.2 Å². The Morgan fingerprint density at radius 2 is 1.63 bits per heavy atom. The van der Waals surface area contributed by atoms with Crippen LogP contribution in [0.4, 0.5) is 0 Å². The summed E-state index contributed by atoms with van der Waals surface area (Å²) in [5.74, 6) is 1.20. The van der Waals surface area contributed by atoms with Gasteiger partial charge in [-0.3, -0.25) is 9.59 Å². The predicted octanol–water partition coefficient (Wildman–Crippen LogP) is 4.16. The first-order valence-corrected chi connectivity index (χ1v) is 10.9. The van der Waals surface area contributed by atoms with E-state index in [0.717, 1.165) is 32.2 Å². The van der Waals surface area contributed by atoms with Crippen molar-refractivity contribution in [1.82, 2.24) is 10.2 Å². The Balaban J connectivity index is 1.48. The van der Waals surface area contributed by atoms with Crippen LogP contribution in [0.25, 0.3) is 0 Å². The van der Waals surface area contributed by atoms with Crippen molar-refractivity contribution in [2.75, 3.05) is 6.54 Å². The zero-order chi connectivity index (χ0) is 18.6. The van der Waals surface area contributed by atoms with Gasteiger partial charge >= 0.3 is 0 Å². The predicted molar refractivity (Wildman–Crippen MR) is 106 cm³/mol. The Kier molecular flexibility index (Phi) is 5.80. The summed E-state index contributed by atoms with van der Waals surface area (Å²) in [6, 6.07) is 9.41. The highest BCUT2D eigenvalue weighted by molar-refractivity contribution is 5.98. The van der Waals surface area contributed by atoms with Crippen LogP contribution in [0, 0.1) is 11.8 Å². The van der Waals surface area contributed by atoms with Crippen molar-refractivity contribution in [2.45, 2.75) is 76.3 Å². The van der Waals surface area contributed by atoms with Gasteiger partial charge in [0.25, 0.3) is 5.91 Å². The number of likely N-dealkylation sites (tertiary alicyclic amines) is 1. The molecular formula is C23H32N2O2. The summed E-state index contributed by atoms with van der Waals surface area (Å²) in [5, 5.41) is 3.21. The second-order valence-electron chi connectivity index (χ2n) is 8.69. The first-order chi connectivity index (χ1) is 13.2. The molecule has 0 bridgehead atoms. The lowest BCUT2D eigenvalue weighted by Gasteiger charge is -2.34. The minimum Gasteiger partial charge on any atom is -0.354 e. The largest absolute Gasteiger partial charge is 0.354 e. The smallest absolute Gasteiger partial charge is 0.254 e. The molecular weight excluding hydrogens is 336 g/mol. The first-order valence-electron chi connectivity index (χ1n) is 10.9. The highest BCUT2D eigenvalue weighted by Gasteiger charge is 2.47. The number of hydrogen-bond acceptors (Lipinski definition) is 2. The fourth-order valence-electron chi connectivity index (χ4n) is 5.47. The molecule has 1 aliphatic heterocycles. The molecule has 3 aliphatic rings. The molecule has 3 atom stereocenters. The molecule has 4 nitrogen and oxygen atoms in total. The normalized spacial score (nSPS) is 28.6. The van der Waals surface area contributed by atoms with E-state index < -0.39 is 0 Å². The van der Waals surface area contributed by atoms with Crippen molar-refractivity contribution in [2.24, 2.45) is 11.8 Å². The topological polar surface area (TPSA) is 49.4 Å². The summed E-state index contributed by atoms with van der Waals surface area (Å²) in [6.45, 7) is 0.776. The third-order valence-electron chi connectivity index (χ3n) is 6.94. The molecule has 4 rings (SSSR count). The van der Waals surface area contributed by atoms with E-state index in [4.69, 9.17) is 0 Å².